The first kappa shape index (κ1) is 25.0. The van der Waals surface area contributed by atoms with Crippen molar-refractivity contribution in [3.63, 3.8) is 0 Å². The van der Waals surface area contributed by atoms with Crippen molar-refractivity contribution in [1.82, 2.24) is 8.87 Å². The molecule has 4 aromatic rings. The van der Waals surface area contributed by atoms with Gasteiger partial charge in [-0.2, -0.15) is 9.30 Å². The average Bonchev–Trinajstić information content (AvgIpc) is 3.15. The summed E-state index contributed by atoms with van der Waals surface area (Å²) in [5.74, 6) is -0.392. The molecule has 1 heterocycles. The molecule has 0 saturated carbocycles. The molecule has 35 heavy (non-hydrogen) atoms. The van der Waals surface area contributed by atoms with Crippen LogP contribution in [0.15, 0.2) is 76.6 Å². The largest absolute Gasteiger partial charge is 0.316 e. The van der Waals surface area contributed by atoms with E-state index in [1.165, 1.54) is 51.0 Å². The Bertz CT molecular complexity index is 1530. The van der Waals surface area contributed by atoms with Crippen LogP contribution in [0.3, 0.4) is 0 Å². The molecule has 4 rings (SSSR count). The van der Waals surface area contributed by atoms with Gasteiger partial charge in [-0.3, -0.25) is 4.79 Å². The number of aromatic nitrogens is 1. The maximum Gasteiger partial charge on any atom is 0.279 e. The number of amides is 1. The van der Waals surface area contributed by atoms with Gasteiger partial charge in [0.15, 0.2) is 4.80 Å². The molecule has 6 nitrogen and oxygen atoms in total. The number of hydrogen-bond donors (Lipinski definition) is 0. The molecule has 0 aliphatic carbocycles. The average molecular weight is 508 g/mol. The molecular formula is C27H29N3O3S2. The number of benzene rings is 3. The minimum absolute atomic E-state index is 0.140. The predicted octanol–water partition coefficient (Wildman–Crippen LogP) is 5.29. The fourth-order valence-electron chi connectivity index (χ4n) is 3.87. The van der Waals surface area contributed by atoms with Crippen molar-refractivity contribution in [3.8, 4) is 0 Å². The molecule has 0 spiro atoms. The topological polar surface area (TPSA) is 71.7 Å². The van der Waals surface area contributed by atoms with Gasteiger partial charge in [-0.25, -0.2) is 8.42 Å². The summed E-state index contributed by atoms with van der Waals surface area (Å²) in [6.45, 7) is 7.28. The monoisotopic (exact) mass is 507 g/mol. The zero-order valence-corrected chi connectivity index (χ0v) is 22.0. The lowest BCUT2D eigenvalue weighted by Gasteiger charge is -2.17. The first-order valence-corrected chi connectivity index (χ1v) is 13.8. The summed E-state index contributed by atoms with van der Waals surface area (Å²) in [4.78, 5) is 18.2. The minimum Gasteiger partial charge on any atom is -0.316 e. The smallest absolute Gasteiger partial charge is 0.279 e. The van der Waals surface area contributed by atoms with Crippen LogP contribution in [0, 0.1) is 13.8 Å². The van der Waals surface area contributed by atoms with Gasteiger partial charge in [0.05, 0.1) is 15.1 Å². The van der Waals surface area contributed by atoms with Crippen LogP contribution >= 0.6 is 11.3 Å². The molecule has 0 aliphatic rings. The Balaban J connectivity index is 1.62. The molecular weight excluding hydrogens is 478 g/mol. The van der Waals surface area contributed by atoms with Crippen molar-refractivity contribution >= 4 is 37.5 Å². The van der Waals surface area contributed by atoms with Crippen LogP contribution in [-0.2, 0) is 23.1 Å². The Morgan fingerprint density at radius 1 is 1.00 bits per heavy atom. The molecule has 0 N–H and O–H groups in total. The lowest BCUT2D eigenvalue weighted by Crippen LogP contribution is -2.26. The van der Waals surface area contributed by atoms with Crippen molar-refractivity contribution in [2.24, 2.45) is 4.99 Å². The lowest BCUT2D eigenvalue weighted by molar-refractivity contribution is 0.0997. The summed E-state index contributed by atoms with van der Waals surface area (Å²) in [6, 6.07) is 19.7. The van der Waals surface area contributed by atoms with Crippen LogP contribution in [0.4, 0.5) is 0 Å². The van der Waals surface area contributed by atoms with Gasteiger partial charge in [0.25, 0.3) is 5.91 Å². The molecule has 0 aliphatic heterocycles. The maximum atomic E-state index is 13.0. The second-order valence-corrected chi connectivity index (χ2v) is 11.7. The second-order valence-electron chi connectivity index (χ2n) is 8.63. The number of sulfonamides is 1. The third-order valence-corrected chi connectivity index (χ3v) is 8.86. The highest BCUT2D eigenvalue weighted by Crippen LogP contribution is 2.23. The van der Waals surface area contributed by atoms with Crippen molar-refractivity contribution in [3.05, 3.63) is 93.8 Å². The third kappa shape index (κ3) is 5.29. The van der Waals surface area contributed by atoms with Crippen LogP contribution in [0.5, 0.6) is 0 Å². The van der Waals surface area contributed by atoms with E-state index >= 15 is 0 Å². The highest BCUT2D eigenvalue weighted by molar-refractivity contribution is 7.89. The first-order valence-electron chi connectivity index (χ1n) is 11.5. The van der Waals surface area contributed by atoms with E-state index in [2.05, 4.69) is 42.5 Å². The number of carbonyl (C=O) groups excluding carboxylic acids is 1. The molecule has 0 fully saturated rings. The quantitative estimate of drug-likeness (QED) is 0.341. The Labute approximate surface area is 210 Å². The molecule has 0 radical (unpaired) electrons. The molecule has 0 atom stereocenters. The number of aryl methyl sites for hydroxylation is 3. The molecule has 0 unspecified atom stereocenters. The van der Waals surface area contributed by atoms with Crippen LogP contribution in [0.2, 0.25) is 0 Å². The molecule has 1 amide bonds. The van der Waals surface area contributed by atoms with Gasteiger partial charge >= 0.3 is 0 Å². The van der Waals surface area contributed by atoms with E-state index in [4.69, 9.17) is 0 Å². The first-order chi connectivity index (χ1) is 16.7. The molecule has 0 saturated heterocycles. The summed E-state index contributed by atoms with van der Waals surface area (Å²) < 4.78 is 30.5. The van der Waals surface area contributed by atoms with E-state index in [1.807, 2.05) is 30.3 Å². The SMILES string of the molecule is CCCn1c(=NC(=O)c2ccc(S(=O)(=O)N(C)Cc3ccccc3)cc2)sc2cc(C)c(C)cc21. The molecule has 1 aromatic heterocycles. The molecule has 182 valence electrons. The van der Waals surface area contributed by atoms with Crippen molar-refractivity contribution in [1.29, 1.82) is 0 Å². The Kier molecular flexibility index (Phi) is 7.35. The molecule has 8 heteroatoms. The highest BCUT2D eigenvalue weighted by atomic mass is 32.2. The summed E-state index contributed by atoms with van der Waals surface area (Å²) in [5, 5.41) is 0. The number of carbonyl (C=O) groups is 1. The molecule has 3 aromatic carbocycles. The van der Waals surface area contributed by atoms with Crippen LogP contribution in [0.25, 0.3) is 10.2 Å². The normalized spacial score (nSPS) is 12.5. The number of rotatable bonds is 7. The van der Waals surface area contributed by atoms with Gasteiger partial charge < -0.3 is 4.57 Å². The maximum absolute atomic E-state index is 13.0. The number of hydrogen-bond acceptors (Lipinski definition) is 4. The second kappa shape index (κ2) is 10.3. The zero-order valence-electron chi connectivity index (χ0n) is 20.4. The summed E-state index contributed by atoms with van der Waals surface area (Å²) in [5.41, 5.74) is 4.73. The highest BCUT2D eigenvalue weighted by Gasteiger charge is 2.21. The van der Waals surface area contributed by atoms with E-state index in [1.54, 1.807) is 7.05 Å². The van der Waals surface area contributed by atoms with Crippen molar-refractivity contribution in [2.45, 2.75) is 45.2 Å². The third-order valence-electron chi connectivity index (χ3n) is 6.00. The van der Waals surface area contributed by atoms with Gasteiger partial charge in [0.1, 0.15) is 0 Å². The van der Waals surface area contributed by atoms with Gasteiger partial charge in [-0.05, 0) is 73.4 Å². The van der Waals surface area contributed by atoms with Gasteiger partial charge in [0, 0.05) is 25.7 Å². The van der Waals surface area contributed by atoms with E-state index in [0.717, 1.165) is 28.7 Å². The van der Waals surface area contributed by atoms with Crippen molar-refractivity contribution in [2.75, 3.05) is 7.05 Å². The van der Waals surface area contributed by atoms with E-state index < -0.39 is 15.9 Å². The van der Waals surface area contributed by atoms with Gasteiger partial charge in [-0.1, -0.05) is 48.6 Å². The number of nitrogens with zero attached hydrogens (tertiary/aromatic N) is 3. The Morgan fingerprint density at radius 2 is 1.66 bits per heavy atom. The fraction of sp³-hybridized carbons (Fsp3) is 0.259. The van der Waals surface area contributed by atoms with Crippen LogP contribution < -0.4 is 4.80 Å². The lowest BCUT2D eigenvalue weighted by atomic mass is 10.1. The Morgan fingerprint density at radius 3 is 2.31 bits per heavy atom. The van der Waals surface area contributed by atoms with Gasteiger partial charge in [0.2, 0.25) is 10.0 Å². The number of thiazole rings is 1. The minimum atomic E-state index is -3.69. The van der Waals surface area contributed by atoms with E-state index in [0.29, 0.717) is 10.4 Å². The van der Waals surface area contributed by atoms with Crippen molar-refractivity contribution < 1.29 is 13.2 Å². The van der Waals surface area contributed by atoms with Gasteiger partial charge in [-0.15, -0.1) is 0 Å². The Hall–Kier alpha value is -3.07. The summed E-state index contributed by atoms with van der Waals surface area (Å²) in [6.07, 6.45) is 0.920. The fourth-order valence-corrected chi connectivity index (χ4v) is 6.17. The summed E-state index contributed by atoms with van der Waals surface area (Å²) >= 11 is 1.49. The van der Waals surface area contributed by atoms with Crippen LogP contribution in [-0.4, -0.2) is 30.2 Å². The summed E-state index contributed by atoms with van der Waals surface area (Å²) in [7, 11) is -2.14. The zero-order chi connectivity index (χ0) is 25.2. The van der Waals surface area contributed by atoms with E-state index in [9.17, 15) is 13.2 Å². The van der Waals surface area contributed by atoms with Crippen LogP contribution in [0.1, 0.15) is 40.4 Å². The predicted molar refractivity (Wildman–Crippen MR) is 141 cm³/mol. The molecule has 0 bridgehead atoms. The number of fused-ring (bicyclic) bond motifs is 1. The van der Waals surface area contributed by atoms with E-state index in [-0.39, 0.29) is 11.4 Å². The standard InChI is InChI=1S/C27H29N3O3S2/c1-5-15-30-24-16-19(2)20(3)17-25(24)34-27(30)28-26(31)22-11-13-23(14-12-22)35(32,33)29(4)18-21-9-7-6-8-10-21/h6-14,16-17H,5,15,18H2,1-4H3.